The Labute approximate surface area is 102 Å². The molecule has 2 N–H and O–H groups in total. The highest BCUT2D eigenvalue weighted by atomic mass is 16.3. The first kappa shape index (κ1) is 13.5. The maximum Gasteiger partial charge on any atom is 0.233 e. The topological polar surface area (TPSA) is 52.6 Å². The van der Waals surface area contributed by atoms with Crippen molar-refractivity contribution >= 4 is 5.91 Å². The van der Waals surface area contributed by atoms with E-state index in [-0.39, 0.29) is 17.7 Å². The van der Waals surface area contributed by atoms with E-state index in [0.717, 1.165) is 12.1 Å². The molecule has 4 nitrogen and oxygen atoms in total. The third kappa shape index (κ3) is 3.75. The van der Waals surface area contributed by atoms with Gasteiger partial charge in [-0.3, -0.25) is 9.69 Å². The fraction of sp³-hybridized carbons (Fsp3) is 0.462. The van der Waals surface area contributed by atoms with Gasteiger partial charge in [-0.1, -0.05) is 19.1 Å². The van der Waals surface area contributed by atoms with Crippen LogP contribution in [-0.4, -0.2) is 36.1 Å². The molecule has 0 heterocycles. The monoisotopic (exact) mass is 236 g/mol. The Hall–Kier alpha value is -1.55. The highest BCUT2D eigenvalue weighted by Gasteiger charge is 2.16. The van der Waals surface area contributed by atoms with Crippen LogP contribution in [0, 0.1) is 0 Å². The van der Waals surface area contributed by atoms with Crippen LogP contribution in [0.2, 0.25) is 0 Å². The summed E-state index contributed by atoms with van der Waals surface area (Å²) in [6.45, 7) is 5.19. The van der Waals surface area contributed by atoms with Crippen LogP contribution in [0.4, 0.5) is 0 Å². The molecule has 1 rings (SSSR count). The summed E-state index contributed by atoms with van der Waals surface area (Å²) in [5, 5.41) is 12.1. The van der Waals surface area contributed by atoms with Gasteiger partial charge in [-0.05, 0) is 31.2 Å². The van der Waals surface area contributed by atoms with E-state index in [4.69, 9.17) is 0 Å². The minimum atomic E-state index is -0.00106. The SMILES string of the molecule is CCN(CC(=O)NC)C(C)c1cccc(O)c1. The molecular formula is C13H20N2O2. The smallest absolute Gasteiger partial charge is 0.233 e. The number of rotatable bonds is 5. The number of benzene rings is 1. The molecule has 1 unspecified atom stereocenters. The Morgan fingerprint density at radius 1 is 1.53 bits per heavy atom. The van der Waals surface area contributed by atoms with Gasteiger partial charge in [-0.15, -0.1) is 0 Å². The zero-order valence-electron chi connectivity index (χ0n) is 10.6. The van der Waals surface area contributed by atoms with Crippen LogP contribution in [0.1, 0.15) is 25.5 Å². The summed E-state index contributed by atoms with van der Waals surface area (Å²) >= 11 is 0. The first-order valence-electron chi connectivity index (χ1n) is 5.82. The molecule has 0 bridgehead atoms. The zero-order valence-corrected chi connectivity index (χ0v) is 10.6. The summed E-state index contributed by atoms with van der Waals surface area (Å²) in [5.41, 5.74) is 1.01. The number of hydrogen-bond donors (Lipinski definition) is 2. The molecule has 0 saturated heterocycles. The number of carbonyl (C=O) groups is 1. The van der Waals surface area contributed by atoms with Crippen LogP contribution in [0.3, 0.4) is 0 Å². The van der Waals surface area contributed by atoms with Gasteiger partial charge in [0.05, 0.1) is 6.54 Å². The molecule has 17 heavy (non-hydrogen) atoms. The standard InChI is InChI=1S/C13H20N2O2/c1-4-15(9-13(17)14-3)10(2)11-6-5-7-12(16)8-11/h5-8,10,16H,4,9H2,1-3H3,(H,14,17). The van der Waals surface area contributed by atoms with Gasteiger partial charge in [-0.25, -0.2) is 0 Å². The molecule has 1 aromatic carbocycles. The second-order valence-electron chi connectivity index (χ2n) is 4.01. The normalized spacial score (nSPS) is 12.5. The quantitative estimate of drug-likeness (QED) is 0.815. The van der Waals surface area contributed by atoms with Gasteiger partial charge in [0.1, 0.15) is 5.75 Å². The zero-order chi connectivity index (χ0) is 12.8. The molecule has 0 fully saturated rings. The van der Waals surface area contributed by atoms with Crippen LogP contribution < -0.4 is 5.32 Å². The second kappa shape index (κ2) is 6.25. The van der Waals surface area contributed by atoms with E-state index in [1.54, 1.807) is 19.2 Å². The first-order chi connectivity index (χ1) is 8.08. The molecule has 0 aliphatic heterocycles. The van der Waals surface area contributed by atoms with Crippen molar-refractivity contribution in [2.75, 3.05) is 20.1 Å². The van der Waals surface area contributed by atoms with Crippen molar-refractivity contribution in [3.63, 3.8) is 0 Å². The molecule has 1 atom stereocenters. The number of aromatic hydroxyl groups is 1. The van der Waals surface area contributed by atoms with Crippen molar-refractivity contribution in [3.8, 4) is 5.75 Å². The highest BCUT2D eigenvalue weighted by Crippen LogP contribution is 2.22. The highest BCUT2D eigenvalue weighted by molar-refractivity contribution is 5.77. The Bertz CT molecular complexity index is 379. The van der Waals surface area contributed by atoms with Crippen LogP contribution in [0.15, 0.2) is 24.3 Å². The number of amides is 1. The average molecular weight is 236 g/mol. The molecule has 4 heteroatoms. The Morgan fingerprint density at radius 3 is 2.76 bits per heavy atom. The Balaban J connectivity index is 2.78. The number of nitrogens with one attached hydrogen (secondary N) is 1. The molecule has 0 spiro atoms. The van der Waals surface area contributed by atoms with Gasteiger partial charge in [-0.2, -0.15) is 0 Å². The molecule has 0 aliphatic rings. The van der Waals surface area contributed by atoms with Gasteiger partial charge in [0.25, 0.3) is 0 Å². The summed E-state index contributed by atoms with van der Waals surface area (Å²) in [4.78, 5) is 13.4. The third-order valence-electron chi connectivity index (χ3n) is 2.93. The predicted octanol–water partition coefficient (Wildman–Crippen LogP) is 1.52. The van der Waals surface area contributed by atoms with Crippen LogP contribution in [0.25, 0.3) is 0 Å². The lowest BCUT2D eigenvalue weighted by atomic mass is 10.1. The minimum Gasteiger partial charge on any atom is -0.508 e. The third-order valence-corrected chi connectivity index (χ3v) is 2.93. The molecule has 0 aromatic heterocycles. The lowest BCUT2D eigenvalue weighted by Crippen LogP contribution is -2.37. The average Bonchev–Trinajstić information content (AvgIpc) is 2.34. The predicted molar refractivity (Wildman–Crippen MR) is 67.8 cm³/mol. The van der Waals surface area contributed by atoms with E-state index in [1.807, 2.05) is 30.9 Å². The maximum absolute atomic E-state index is 11.4. The molecule has 94 valence electrons. The molecule has 1 amide bonds. The Morgan fingerprint density at radius 2 is 2.24 bits per heavy atom. The van der Waals surface area contributed by atoms with Gasteiger partial charge in [0.2, 0.25) is 5.91 Å². The number of likely N-dealkylation sites (N-methyl/N-ethyl adjacent to an activating group) is 2. The van der Waals surface area contributed by atoms with Crippen molar-refractivity contribution in [1.29, 1.82) is 0 Å². The van der Waals surface area contributed by atoms with E-state index >= 15 is 0 Å². The number of phenols is 1. The molecular weight excluding hydrogens is 216 g/mol. The second-order valence-corrected chi connectivity index (χ2v) is 4.01. The van der Waals surface area contributed by atoms with Crippen LogP contribution >= 0.6 is 0 Å². The summed E-state index contributed by atoms with van der Waals surface area (Å²) in [7, 11) is 1.63. The minimum absolute atomic E-state index is 0.00106. The van der Waals surface area contributed by atoms with E-state index in [1.165, 1.54) is 0 Å². The van der Waals surface area contributed by atoms with Crippen LogP contribution in [0.5, 0.6) is 5.75 Å². The lowest BCUT2D eigenvalue weighted by molar-refractivity contribution is -0.122. The van der Waals surface area contributed by atoms with Gasteiger partial charge < -0.3 is 10.4 Å². The van der Waals surface area contributed by atoms with E-state index in [0.29, 0.717) is 6.54 Å². The fourth-order valence-electron chi connectivity index (χ4n) is 1.78. The number of phenolic OH excluding ortho intramolecular Hbond substituents is 1. The van der Waals surface area contributed by atoms with E-state index in [2.05, 4.69) is 5.32 Å². The largest absolute Gasteiger partial charge is 0.508 e. The maximum atomic E-state index is 11.4. The molecule has 0 saturated carbocycles. The van der Waals surface area contributed by atoms with Gasteiger partial charge in [0.15, 0.2) is 0 Å². The fourth-order valence-corrected chi connectivity index (χ4v) is 1.78. The summed E-state index contributed by atoms with van der Waals surface area (Å²) in [6.07, 6.45) is 0. The van der Waals surface area contributed by atoms with E-state index in [9.17, 15) is 9.90 Å². The first-order valence-corrected chi connectivity index (χ1v) is 5.82. The van der Waals surface area contributed by atoms with Gasteiger partial charge in [0, 0.05) is 13.1 Å². The van der Waals surface area contributed by atoms with Crippen molar-refractivity contribution in [3.05, 3.63) is 29.8 Å². The van der Waals surface area contributed by atoms with Crippen molar-refractivity contribution in [2.45, 2.75) is 19.9 Å². The number of carbonyl (C=O) groups excluding carboxylic acids is 1. The number of nitrogens with zero attached hydrogens (tertiary/aromatic N) is 1. The van der Waals surface area contributed by atoms with Crippen molar-refractivity contribution in [2.24, 2.45) is 0 Å². The van der Waals surface area contributed by atoms with Crippen LogP contribution in [-0.2, 0) is 4.79 Å². The molecule has 1 aromatic rings. The van der Waals surface area contributed by atoms with Gasteiger partial charge >= 0.3 is 0 Å². The van der Waals surface area contributed by atoms with Crippen molar-refractivity contribution in [1.82, 2.24) is 10.2 Å². The summed E-state index contributed by atoms with van der Waals surface area (Å²) in [5.74, 6) is 0.254. The summed E-state index contributed by atoms with van der Waals surface area (Å²) < 4.78 is 0. The molecule has 0 aliphatic carbocycles. The van der Waals surface area contributed by atoms with E-state index < -0.39 is 0 Å². The Kier molecular flexibility index (Phi) is 4.97. The lowest BCUT2D eigenvalue weighted by Gasteiger charge is -2.27. The molecule has 0 radical (unpaired) electrons. The number of hydrogen-bond acceptors (Lipinski definition) is 3. The van der Waals surface area contributed by atoms with Crippen molar-refractivity contribution < 1.29 is 9.90 Å². The summed E-state index contributed by atoms with van der Waals surface area (Å²) in [6, 6.07) is 7.25.